The van der Waals surface area contributed by atoms with Crippen LogP contribution in [-0.2, 0) is 9.47 Å². The SMILES string of the molecule is CCN1C(=O)N2CC3=C(CC=C2C12CCN(C(=O)c1cc[nH]c1)CC2)C(OC)=CCC(OC)=C3. The van der Waals surface area contributed by atoms with Gasteiger partial charge in [0.2, 0.25) is 0 Å². The Labute approximate surface area is 200 Å². The van der Waals surface area contributed by atoms with Gasteiger partial charge in [0.1, 0.15) is 5.76 Å². The van der Waals surface area contributed by atoms with Crippen LogP contribution in [0.3, 0.4) is 0 Å². The molecular weight excluding hydrogens is 432 g/mol. The summed E-state index contributed by atoms with van der Waals surface area (Å²) in [6, 6.07) is 1.84. The lowest BCUT2D eigenvalue weighted by atomic mass is 9.82. The molecule has 3 aliphatic heterocycles. The molecule has 2 saturated heterocycles. The van der Waals surface area contributed by atoms with Crippen molar-refractivity contribution in [3.05, 3.63) is 70.6 Å². The minimum absolute atomic E-state index is 0.0347. The molecule has 1 aromatic heterocycles. The summed E-state index contributed by atoms with van der Waals surface area (Å²) in [5.74, 6) is 1.74. The molecule has 2 fully saturated rings. The Kier molecular flexibility index (Phi) is 5.75. The summed E-state index contributed by atoms with van der Waals surface area (Å²) in [5.41, 5.74) is 3.49. The number of piperidine rings is 1. The highest BCUT2D eigenvalue weighted by Crippen LogP contribution is 2.46. The van der Waals surface area contributed by atoms with Gasteiger partial charge in [0.25, 0.3) is 5.91 Å². The van der Waals surface area contributed by atoms with Crippen LogP contribution in [0.2, 0.25) is 0 Å². The number of hydrogen-bond acceptors (Lipinski definition) is 4. The zero-order valence-corrected chi connectivity index (χ0v) is 20.1. The summed E-state index contributed by atoms with van der Waals surface area (Å²) in [5, 5.41) is 0. The van der Waals surface area contributed by atoms with Gasteiger partial charge in [-0.3, -0.25) is 9.69 Å². The molecule has 0 unspecified atom stereocenters. The van der Waals surface area contributed by atoms with Crippen molar-refractivity contribution >= 4 is 11.9 Å². The van der Waals surface area contributed by atoms with Gasteiger partial charge in [-0.25, -0.2) is 4.79 Å². The highest BCUT2D eigenvalue weighted by molar-refractivity contribution is 5.94. The van der Waals surface area contributed by atoms with Crippen molar-refractivity contribution in [3.63, 3.8) is 0 Å². The van der Waals surface area contributed by atoms with E-state index in [-0.39, 0.29) is 11.9 Å². The third-order valence-corrected chi connectivity index (χ3v) is 7.60. The zero-order chi connectivity index (χ0) is 23.9. The predicted molar refractivity (Wildman–Crippen MR) is 128 cm³/mol. The van der Waals surface area contributed by atoms with Crippen LogP contribution in [0.15, 0.2) is 65.0 Å². The molecular formula is C26H32N4O4. The number of carbonyl (C=O) groups is 2. The van der Waals surface area contributed by atoms with Crippen LogP contribution in [0.4, 0.5) is 4.79 Å². The second-order valence-corrected chi connectivity index (χ2v) is 9.13. The fraction of sp³-hybridized carbons (Fsp3) is 0.462. The second kappa shape index (κ2) is 8.74. The van der Waals surface area contributed by atoms with Gasteiger partial charge in [-0.1, -0.05) is 6.08 Å². The molecule has 3 amide bonds. The molecule has 4 aliphatic rings. The summed E-state index contributed by atoms with van der Waals surface area (Å²) in [6.07, 6.45) is 12.6. The molecule has 180 valence electrons. The number of allylic oxidation sites excluding steroid dienone is 3. The molecule has 34 heavy (non-hydrogen) atoms. The number of methoxy groups -OCH3 is 2. The van der Waals surface area contributed by atoms with Crippen molar-refractivity contribution in [1.82, 2.24) is 19.7 Å². The Morgan fingerprint density at radius 2 is 1.94 bits per heavy atom. The maximum atomic E-state index is 13.7. The number of aromatic nitrogens is 1. The van der Waals surface area contributed by atoms with Crippen molar-refractivity contribution in [2.24, 2.45) is 0 Å². The number of H-pyrrole nitrogens is 1. The van der Waals surface area contributed by atoms with Gasteiger partial charge < -0.3 is 24.3 Å². The van der Waals surface area contributed by atoms with E-state index in [0.717, 1.165) is 41.2 Å². The summed E-state index contributed by atoms with van der Waals surface area (Å²) in [6.45, 7) is 4.38. The minimum Gasteiger partial charge on any atom is -0.501 e. The maximum Gasteiger partial charge on any atom is 0.325 e. The van der Waals surface area contributed by atoms with Crippen LogP contribution >= 0.6 is 0 Å². The fourth-order valence-corrected chi connectivity index (χ4v) is 5.86. The van der Waals surface area contributed by atoms with Crippen LogP contribution in [0.5, 0.6) is 0 Å². The monoisotopic (exact) mass is 464 g/mol. The van der Waals surface area contributed by atoms with E-state index in [1.165, 1.54) is 0 Å². The normalized spacial score (nSPS) is 21.9. The number of nitrogens with one attached hydrogen (secondary N) is 1. The van der Waals surface area contributed by atoms with Gasteiger partial charge >= 0.3 is 6.03 Å². The van der Waals surface area contributed by atoms with E-state index >= 15 is 0 Å². The smallest absolute Gasteiger partial charge is 0.325 e. The number of amides is 3. The summed E-state index contributed by atoms with van der Waals surface area (Å²) in [4.78, 5) is 35.4. The van der Waals surface area contributed by atoms with E-state index in [0.29, 0.717) is 44.6 Å². The predicted octanol–water partition coefficient (Wildman–Crippen LogP) is 3.80. The van der Waals surface area contributed by atoms with Crippen LogP contribution in [0.1, 0.15) is 43.0 Å². The average Bonchev–Trinajstić information content (AvgIpc) is 3.34. The molecule has 8 nitrogen and oxygen atoms in total. The largest absolute Gasteiger partial charge is 0.501 e. The second-order valence-electron chi connectivity index (χ2n) is 9.13. The van der Waals surface area contributed by atoms with E-state index in [9.17, 15) is 9.59 Å². The highest BCUT2D eigenvalue weighted by Gasteiger charge is 2.54. The Hall–Kier alpha value is -3.42. The van der Waals surface area contributed by atoms with Crippen molar-refractivity contribution in [1.29, 1.82) is 0 Å². The lowest BCUT2D eigenvalue weighted by Gasteiger charge is -2.44. The molecule has 0 saturated carbocycles. The molecule has 8 heteroatoms. The van der Waals surface area contributed by atoms with Gasteiger partial charge in [0.05, 0.1) is 37.6 Å². The van der Waals surface area contributed by atoms with Gasteiger partial charge in [-0.2, -0.15) is 0 Å². The first-order chi connectivity index (χ1) is 16.5. The molecule has 0 atom stereocenters. The van der Waals surface area contributed by atoms with Gasteiger partial charge in [-0.05, 0) is 50.0 Å². The van der Waals surface area contributed by atoms with Crippen molar-refractivity contribution in [2.45, 2.75) is 38.1 Å². The van der Waals surface area contributed by atoms with Crippen molar-refractivity contribution in [3.8, 4) is 0 Å². The minimum atomic E-state index is -0.393. The average molecular weight is 465 g/mol. The molecule has 0 bridgehead atoms. The van der Waals surface area contributed by atoms with Crippen LogP contribution in [0, 0.1) is 0 Å². The van der Waals surface area contributed by atoms with Gasteiger partial charge in [0.15, 0.2) is 0 Å². The topological polar surface area (TPSA) is 78.1 Å². The van der Waals surface area contributed by atoms with E-state index in [1.807, 2.05) is 27.7 Å². The van der Waals surface area contributed by atoms with Gasteiger partial charge in [0, 0.05) is 49.7 Å². The Morgan fingerprint density at radius 1 is 1.15 bits per heavy atom. The summed E-state index contributed by atoms with van der Waals surface area (Å²) in [7, 11) is 3.37. The first-order valence-electron chi connectivity index (χ1n) is 12.0. The third-order valence-electron chi connectivity index (χ3n) is 7.60. The molecule has 4 heterocycles. The van der Waals surface area contributed by atoms with Gasteiger partial charge in [-0.15, -0.1) is 0 Å². The molecule has 5 rings (SSSR count). The number of rotatable bonds is 4. The lowest BCUT2D eigenvalue weighted by Crippen LogP contribution is -2.54. The quantitative estimate of drug-likeness (QED) is 0.735. The van der Waals surface area contributed by atoms with E-state index in [1.54, 1.807) is 32.7 Å². The number of nitrogens with zero attached hydrogens (tertiary/aromatic N) is 3. The molecule has 1 N–H and O–H groups in total. The number of likely N-dealkylation sites (N-methyl/N-ethyl adjacent to an activating group) is 1. The van der Waals surface area contributed by atoms with E-state index in [2.05, 4.69) is 17.1 Å². The van der Waals surface area contributed by atoms with Crippen LogP contribution in [-0.4, -0.2) is 77.6 Å². The van der Waals surface area contributed by atoms with E-state index < -0.39 is 5.54 Å². The van der Waals surface area contributed by atoms with Crippen molar-refractivity contribution < 1.29 is 19.1 Å². The van der Waals surface area contributed by atoms with Crippen LogP contribution in [0.25, 0.3) is 0 Å². The number of carbonyl (C=O) groups excluding carboxylic acids is 2. The molecule has 1 aliphatic carbocycles. The highest BCUT2D eigenvalue weighted by atomic mass is 16.5. The number of hydrogen-bond donors (Lipinski definition) is 1. The number of aromatic amines is 1. The fourth-order valence-electron chi connectivity index (χ4n) is 5.86. The number of likely N-dealkylation sites (tertiary alicyclic amines) is 1. The maximum absolute atomic E-state index is 13.7. The first kappa shape index (κ1) is 22.4. The lowest BCUT2D eigenvalue weighted by molar-refractivity contribution is 0.0576. The Balaban J connectivity index is 1.46. The number of urea groups is 1. The van der Waals surface area contributed by atoms with Crippen LogP contribution < -0.4 is 0 Å². The zero-order valence-electron chi connectivity index (χ0n) is 20.1. The van der Waals surface area contributed by atoms with Crippen molar-refractivity contribution in [2.75, 3.05) is 40.4 Å². The van der Waals surface area contributed by atoms with E-state index in [4.69, 9.17) is 9.47 Å². The molecule has 0 aromatic carbocycles. The molecule has 0 radical (unpaired) electrons. The summed E-state index contributed by atoms with van der Waals surface area (Å²) >= 11 is 0. The number of fused-ring (bicyclic) bond motifs is 2. The molecule has 1 aromatic rings. The molecule has 1 spiro atoms. The standard InChI is InChI=1S/C26H32N4O4/c1-4-30-25(32)29-17-19-15-20(33-2)5-7-22(34-3)21(19)6-8-23(29)26(30)10-13-28(14-11-26)24(31)18-9-12-27-16-18/h7-9,12,15-16,27H,4-6,10-11,13-14,17H2,1-3H3. The first-order valence-corrected chi connectivity index (χ1v) is 12.0. The summed E-state index contributed by atoms with van der Waals surface area (Å²) < 4.78 is 11.3. The Bertz CT molecular complexity index is 1100. The third kappa shape index (κ3) is 3.43. The number of ether oxygens (including phenoxy) is 2. The Morgan fingerprint density at radius 3 is 2.59 bits per heavy atom.